The highest BCUT2D eigenvalue weighted by Gasteiger charge is 2.30. The van der Waals surface area contributed by atoms with Crippen LogP contribution in [0.2, 0.25) is 0 Å². The zero-order chi connectivity index (χ0) is 9.31. The number of nitrogens with two attached hydrogens (primary N) is 1. The van der Waals surface area contributed by atoms with E-state index in [1.807, 2.05) is 6.20 Å². The fourth-order valence-corrected chi connectivity index (χ4v) is 3.92. The minimum absolute atomic E-state index is 0.348. The molecular formula is C9H14N2S2. The van der Waals surface area contributed by atoms with Gasteiger partial charge in [0.15, 0.2) is 5.13 Å². The van der Waals surface area contributed by atoms with Crippen molar-refractivity contribution < 1.29 is 0 Å². The van der Waals surface area contributed by atoms with E-state index in [4.69, 9.17) is 5.73 Å². The van der Waals surface area contributed by atoms with Crippen molar-refractivity contribution >= 4 is 28.2 Å². The van der Waals surface area contributed by atoms with Crippen LogP contribution in [-0.4, -0.2) is 16.5 Å². The second-order valence-electron chi connectivity index (χ2n) is 3.74. The number of hydrogen-bond acceptors (Lipinski definition) is 4. The molecule has 0 unspecified atom stereocenters. The van der Waals surface area contributed by atoms with Crippen LogP contribution in [-0.2, 0) is 5.41 Å². The van der Waals surface area contributed by atoms with Gasteiger partial charge in [0, 0.05) is 16.5 Å². The maximum Gasteiger partial charge on any atom is 0.180 e. The van der Waals surface area contributed by atoms with E-state index in [9.17, 15) is 0 Å². The zero-order valence-electron chi connectivity index (χ0n) is 7.75. The highest BCUT2D eigenvalue weighted by molar-refractivity contribution is 7.99. The van der Waals surface area contributed by atoms with E-state index in [0.29, 0.717) is 10.5 Å². The predicted octanol–water partition coefficient (Wildman–Crippen LogP) is 2.51. The number of nitrogen functional groups attached to an aromatic ring is 1. The van der Waals surface area contributed by atoms with Crippen molar-refractivity contribution in [2.45, 2.75) is 25.2 Å². The first-order valence-electron chi connectivity index (χ1n) is 4.50. The zero-order valence-corrected chi connectivity index (χ0v) is 9.38. The Morgan fingerprint density at radius 1 is 1.46 bits per heavy atom. The summed E-state index contributed by atoms with van der Waals surface area (Å²) >= 11 is 3.70. The van der Waals surface area contributed by atoms with Crippen molar-refractivity contribution in [3.63, 3.8) is 0 Å². The molecule has 1 aliphatic heterocycles. The van der Waals surface area contributed by atoms with Crippen molar-refractivity contribution in [3.05, 3.63) is 11.1 Å². The molecule has 0 radical (unpaired) electrons. The summed E-state index contributed by atoms with van der Waals surface area (Å²) in [6.45, 7) is 2.33. The molecule has 0 aliphatic carbocycles. The van der Waals surface area contributed by atoms with Crippen molar-refractivity contribution in [2.75, 3.05) is 17.2 Å². The number of anilines is 1. The molecule has 4 heteroatoms. The van der Waals surface area contributed by atoms with Crippen molar-refractivity contribution in [2.24, 2.45) is 0 Å². The Kier molecular flexibility index (Phi) is 2.51. The van der Waals surface area contributed by atoms with Crippen LogP contribution < -0.4 is 5.73 Å². The molecule has 0 aromatic carbocycles. The van der Waals surface area contributed by atoms with Gasteiger partial charge in [-0.2, -0.15) is 11.8 Å². The van der Waals surface area contributed by atoms with E-state index in [1.165, 1.54) is 29.2 Å². The van der Waals surface area contributed by atoms with E-state index in [0.717, 1.165) is 0 Å². The molecule has 1 aliphatic rings. The van der Waals surface area contributed by atoms with Gasteiger partial charge in [0.25, 0.3) is 0 Å². The Hall–Kier alpha value is -0.220. The van der Waals surface area contributed by atoms with Crippen molar-refractivity contribution in [3.8, 4) is 0 Å². The highest BCUT2D eigenvalue weighted by Crippen LogP contribution is 2.40. The van der Waals surface area contributed by atoms with Crippen LogP contribution in [0.3, 0.4) is 0 Å². The maximum absolute atomic E-state index is 5.65. The average Bonchev–Trinajstić information content (AvgIpc) is 2.54. The summed E-state index contributed by atoms with van der Waals surface area (Å²) in [5, 5.41) is 0.703. The molecule has 13 heavy (non-hydrogen) atoms. The second-order valence-corrected chi connectivity index (χ2v) is 6.02. The molecule has 0 bridgehead atoms. The SMILES string of the molecule is CC1(c2cnc(N)s2)CCSCC1. The summed E-state index contributed by atoms with van der Waals surface area (Å²) in [4.78, 5) is 5.49. The molecule has 72 valence electrons. The van der Waals surface area contributed by atoms with Crippen LogP contribution in [0.5, 0.6) is 0 Å². The third kappa shape index (κ3) is 1.83. The number of aromatic nitrogens is 1. The van der Waals surface area contributed by atoms with Crippen molar-refractivity contribution in [1.29, 1.82) is 0 Å². The molecule has 0 amide bonds. The van der Waals surface area contributed by atoms with Gasteiger partial charge in [0.05, 0.1) is 0 Å². The summed E-state index contributed by atoms with van der Waals surface area (Å²) < 4.78 is 0. The Labute approximate surface area is 86.9 Å². The van der Waals surface area contributed by atoms with Crippen molar-refractivity contribution in [1.82, 2.24) is 4.98 Å². The monoisotopic (exact) mass is 214 g/mol. The fraction of sp³-hybridized carbons (Fsp3) is 0.667. The summed E-state index contributed by atoms with van der Waals surface area (Å²) in [6, 6.07) is 0. The molecule has 1 aromatic rings. The van der Waals surface area contributed by atoms with Crippen LogP contribution in [0.4, 0.5) is 5.13 Å². The van der Waals surface area contributed by atoms with Gasteiger partial charge in [-0.1, -0.05) is 6.92 Å². The molecule has 1 fully saturated rings. The molecule has 1 aromatic heterocycles. The number of thiazole rings is 1. The first kappa shape index (κ1) is 9.34. The Bertz CT molecular complexity index is 290. The molecule has 0 atom stereocenters. The molecule has 1 saturated heterocycles. The van der Waals surface area contributed by atoms with Crippen LogP contribution in [0.15, 0.2) is 6.20 Å². The molecule has 0 spiro atoms. The van der Waals surface area contributed by atoms with Crippen LogP contribution in [0, 0.1) is 0 Å². The van der Waals surface area contributed by atoms with Gasteiger partial charge in [-0.05, 0) is 24.3 Å². The lowest BCUT2D eigenvalue weighted by molar-refractivity contribution is 0.445. The Balaban J connectivity index is 2.22. The van der Waals surface area contributed by atoms with Gasteiger partial charge in [-0.15, -0.1) is 11.3 Å². The average molecular weight is 214 g/mol. The lowest BCUT2D eigenvalue weighted by Crippen LogP contribution is -2.26. The normalized spacial score (nSPS) is 21.6. The van der Waals surface area contributed by atoms with Gasteiger partial charge < -0.3 is 5.73 Å². The molecule has 0 saturated carbocycles. The van der Waals surface area contributed by atoms with E-state index >= 15 is 0 Å². The van der Waals surface area contributed by atoms with E-state index in [-0.39, 0.29) is 0 Å². The number of thioether (sulfide) groups is 1. The minimum Gasteiger partial charge on any atom is -0.375 e. The van der Waals surface area contributed by atoms with E-state index in [2.05, 4.69) is 23.7 Å². The summed E-state index contributed by atoms with van der Waals surface area (Å²) in [5.41, 5.74) is 5.99. The van der Waals surface area contributed by atoms with Gasteiger partial charge in [0.1, 0.15) is 0 Å². The molecule has 2 rings (SSSR count). The van der Waals surface area contributed by atoms with Crippen LogP contribution in [0.25, 0.3) is 0 Å². The molecule has 2 nitrogen and oxygen atoms in total. The third-order valence-corrected chi connectivity index (χ3v) is 4.83. The lowest BCUT2D eigenvalue weighted by atomic mass is 9.83. The smallest absolute Gasteiger partial charge is 0.180 e. The van der Waals surface area contributed by atoms with Gasteiger partial charge in [0.2, 0.25) is 0 Å². The number of nitrogens with zero attached hydrogens (tertiary/aromatic N) is 1. The Morgan fingerprint density at radius 3 is 2.69 bits per heavy atom. The van der Waals surface area contributed by atoms with Gasteiger partial charge >= 0.3 is 0 Å². The topological polar surface area (TPSA) is 38.9 Å². The highest BCUT2D eigenvalue weighted by atomic mass is 32.2. The largest absolute Gasteiger partial charge is 0.375 e. The number of hydrogen-bond donors (Lipinski definition) is 1. The fourth-order valence-electron chi connectivity index (χ4n) is 1.63. The first-order chi connectivity index (χ1) is 6.21. The van der Waals surface area contributed by atoms with Gasteiger partial charge in [-0.3, -0.25) is 0 Å². The lowest BCUT2D eigenvalue weighted by Gasteiger charge is -2.31. The summed E-state index contributed by atoms with van der Waals surface area (Å²) in [5.74, 6) is 2.54. The maximum atomic E-state index is 5.65. The van der Waals surface area contributed by atoms with Gasteiger partial charge in [-0.25, -0.2) is 4.98 Å². The Morgan fingerprint density at radius 2 is 2.15 bits per heavy atom. The molecular weight excluding hydrogens is 200 g/mol. The molecule has 2 N–H and O–H groups in total. The summed E-state index contributed by atoms with van der Waals surface area (Å²) in [6.07, 6.45) is 4.48. The van der Waals surface area contributed by atoms with Crippen LogP contribution >= 0.6 is 23.1 Å². The van der Waals surface area contributed by atoms with Crippen LogP contribution in [0.1, 0.15) is 24.6 Å². The third-order valence-electron chi connectivity index (χ3n) is 2.71. The quantitative estimate of drug-likeness (QED) is 0.780. The predicted molar refractivity (Wildman–Crippen MR) is 60.4 cm³/mol. The second kappa shape index (κ2) is 3.50. The first-order valence-corrected chi connectivity index (χ1v) is 6.47. The minimum atomic E-state index is 0.348. The molecule has 2 heterocycles. The van der Waals surface area contributed by atoms with E-state index in [1.54, 1.807) is 11.3 Å². The summed E-state index contributed by atoms with van der Waals surface area (Å²) in [7, 11) is 0. The number of rotatable bonds is 1. The van der Waals surface area contributed by atoms with E-state index < -0.39 is 0 Å². The standard InChI is InChI=1S/C9H14N2S2/c1-9(2-4-12-5-3-9)7-6-11-8(10)13-7/h6H,2-5H2,1H3,(H2,10,11).